The first-order chi connectivity index (χ1) is 15.5. The third-order valence-electron chi connectivity index (χ3n) is 5.03. The van der Waals surface area contributed by atoms with Crippen LogP contribution in [0.3, 0.4) is 0 Å². The minimum atomic E-state index is -0.533. The Kier molecular flexibility index (Phi) is 7.19. The van der Waals surface area contributed by atoms with E-state index in [0.717, 1.165) is 5.56 Å². The molecule has 162 valence electrons. The van der Waals surface area contributed by atoms with Crippen LogP contribution in [-0.4, -0.2) is 28.5 Å². The average Bonchev–Trinajstić information content (AvgIpc) is 2.80. The summed E-state index contributed by atoms with van der Waals surface area (Å²) in [5.41, 5.74) is 2.05. The summed E-state index contributed by atoms with van der Waals surface area (Å²) in [5, 5.41) is 20.3. The van der Waals surface area contributed by atoms with Gasteiger partial charge in [0.15, 0.2) is 0 Å². The number of aromatic hydroxyl groups is 1. The van der Waals surface area contributed by atoms with Crippen LogP contribution in [-0.2, 0) is 17.7 Å². The molecule has 7 heteroatoms. The van der Waals surface area contributed by atoms with Gasteiger partial charge in [-0.15, -0.1) is 0 Å². The number of aryl methyl sites for hydroxylation is 1. The highest BCUT2D eigenvalue weighted by Gasteiger charge is 2.18. The van der Waals surface area contributed by atoms with Gasteiger partial charge < -0.3 is 9.84 Å². The van der Waals surface area contributed by atoms with Gasteiger partial charge >= 0.3 is 5.97 Å². The van der Waals surface area contributed by atoms with E-state index in [4.69, 9.17) is 4.74 Å². The molecule has 0 bridgehead atoms. The second-order valence-corrected chi connectivity index (χ2v) is 7.07. The Morgan fingerprint density at radius 3 is 2.50 bits per heavy atom. The Morgan fingerprint density at radius 1 is 1.19 bits per heavy atom. The summed E-state index contributed by atoms with van der Waals surface area (Å²) in [4.78, 5) is 28.9. The van der Waals surface area contributed by atoms with Gasteiger partial charge in [0.05, 0.1) is 23.4 Å². The highest BCUT2D eigenvalue weighted by Crippen LogP contribution is 2.22. The van der Waals surface area contributed by atoms with E-state index >= 15 is 0 Å². The van der Waals surface area contributed by atoms with Gasteiger partial charge in [0.2, 0.25) is 5.88 Å². The van der Waals surface area contributed by atoms with Crippen LogP contribution in [0, 0.1) is 18.3 Å². The molecule has 0 spiro atoms. The number of aliphatic imine (C=N–C) groups is 1. The molecule has 1 aromatic heterocycles. The highest BCUT2D eigenvalue weighted by atomic mass is 16.5. The summed E-state index contributed by atoms with van der Waals surface area (Å²) in [6.07, 6.45) is 1.94. The molecular formula is C25H23N3O4. The van der Waals surface area contributed by atoms with Crippen molar-refractivity contribution >= 4 is 17.9 Å². The first-order valence-electron chi connectivity index (χ1n) is 10.2. The summed E-state index contributed by atoms with van der Waals surface area (Å²) in [7, 11) is 0. The van der Waals surface area contributed by atoms with Crippen LogP contribution in [0.4, 0.5) is 5.69 Å². The minimum absolute atomic E-state index is 0.0324. The van der Waals surface area contributed by atoms with Crippen LogP contribution in [0.5, 0.6) is 5.88 Å². The van der Waals surface area contributed by atoms with Crippen molar-refractivity contribution in [1.29, 1.82) is 5.26 Å². The normalized spacial score (nSPS) is 10.8. The molecule has 0 saturated heterocycles. The topological polar surface area (TPSA) is 105 Å². The number of hydrogen-bond acceptors (Lipinski definition) is 6. The number of esters is 1. The van der Waals surface area contributed by atoms with Crippen LogP contribution in [0.2, 0.25) is 0 Å². The zero-order chi connectivity index (χ0) is 23.1. The van der Waals surface area contributed by atoms with E-state index in [2.05, 4.69) is 4.99 Å². The largest absolute Gasteiger partial charge is 0.494 e. The molecule has 0 atom stereocenters. The summed E-state index contributed by atoms with van der Waals surface area (Å²) in [5.74, 6) is -0.657. The SMILES string of the molecule is CCOC(=O)c1ccc(N=Cc2c(C)c(C#N)c(=O)n(CCc3ccccc3)c2O)cc1. The first-order valence-corrected chi connectivity index (χ1v) is 10.2. The van der Waals surface area contributed by atoms with Gasteiger partial charge in [0.1, 0.15) is 11.6 Å². The lowest BCUT2D eigenvalue weighted by atomic mass is 10.1. The lowest BCUT2D eigenvalue weighted by molar-refractivity contribution is 0.0526. The van der Waals surface area contributed by atoms with E-state index < -0.39 is 11.5 Å². The molecule has 0 aliphatic rings. The molecule has 0 radical (unpaired) electrons. The molecule has 32 heavy (non-hydrogen) atoms. The van der Waals surface area contributed by atoms with Crippen LogP contribution < -0.4 is 5.56 Å². The summed E-state index contributed by atoms with van der Waals surface area (Å²) in [6, 6.07) is 18.0. The summed E-state index contributed by atoms with van der Waals surface area (Å²) in [6.45, 7) is 3.85. The molecule has 1 heterocycles. The van der Waals surface area contributed by atoms with Crippen LogP contribution in [0.25, 0.3) is 0 Å². The third-order valence-corrected chi connectivity index (χ3v) is 5.03. The number of benzene rings is 2. The maximum absolute atomic E-state index is 12.7. The molecule has 0 amide bonds. The van der Waals surface area contributed by atoms with Crippen LogP contribution in [0.15, 0.2) is 64.4 Å². The molecule has 0 fully saturated rings. The molecular weight excluding hydrogens is 406 g/mol. The number of rotatable bonds is 7. The van der Waals surface area contributed by atoms with Crippen molar-refractivity contribution in [2.75, 3.05) is 6.61 Å². The highest BCUT2D eigenvalue weighted by molar-refractivity contribution is 5.90. The quantitative estimate of drug-likeness (QED) is 0.453. The molecule has 2 aromatic carbocycles. The molecule has 0 aliphatic carbocycles. The predicted octanol–water partition coefficient (Wildman–Crippen LogP) is 3.90. The number of nitriles is 1. The van der Waals surface area contributed by atoms with Crippen LogP contribution >= 0.6 is 0 Å². The van der Waals surface area contributed by atoms with Crippen molar-refractivity contribution in [3.8, 4) is 11.9 Å². The maximum atomic E-state index is 12.7. The van der Waals surface area contributed by atoms with E-state index in [-0.39, 0.29) is 18.0 Å². The molecule has 1 N–H and O–H groups in total. The van der Waals surface area contributed by atoms with E-state index in [9.17, 15) is 20.0 Å². The fraction of sp³-hybridized carbons (Fsp3) is 0.200. The zero-order valence-electron chi connectivity index (χ0n) is 17.9. The summed E-state index contributed by atoms with van der Waals surface area (Å²) >= 11 is 0. The van der Waals surface area contributed by atoms with Crippen molar-refractivity contribution in [2.45, 2.75) is 26.8 Å². The van der Waals surface area contributed by atoms with Crippen molar-refractivity contribution in [2.24, 2.45) is 4.99 Å². The van der Waals surface area contributed by atoms with E-state index in [0.29, 0.717) is 35.4 Å². The molecule has 0 saturated carbocycles. The Hall–Kier alpha value is -4.18. The zero-order valence-corrected chi connectivity index (χ0v) is 17.9. The number of pyridine rings is 1. The summed E-state index contributed by atoms with van der Waals surface area (Å²) < 4.78 is 6.16. The Bertz CT molecular complexity index is 1240. The predicted molar refractivity (Wildman–Crippen MR) is 122 cm³/mol. The number of hydrogen-bond donors (Lipinski definition) is 1. The van der Waals surface area contributed by atoms with Crippen molar-refractivity contribution in [3.63, 3.8) is 0 Å². The molecule has 0 aliphatic heterocycles. The fourth-order valence-corrected chi connectivity index (χ4v) is 3.26. The molecule has 3 rings (SSSR count). The van der Waals surface area contributed by atoms with Gasteiger partial charge in [-0.25, -0.2) is 4.79 Å². The first kappa shape index (κ1) is 22.5. The number of ether oxygens (including phenoxy) is 1. The Balaban J connectivity index is 1.93. The van der Waals surface area contributed by atoms with E-state index in [1.165, 1.54) is 10.8 Å². The average molecular weight is 429 g/mol. The Morgan fingerprint density at radius 2 is 1.88 bits per heavy atom. The van der Waals surface area contributed by atoms with Gasteiger partial charge in [-0.05, 0) is 55.7 Å². The lowest BCUT2D eigenvalue weighted by Gasteiger charge is -2.14. The fourth-order valence-electron chi connectivity index (χ4n) is 3.26. The Labute approximate surface area is 185 Å². The van der Waals surface area contributed by atoms with Crippen molar-refractivity contribution in [1.82, 2.24) is 4.57 Å². The van der Waals surface area contributed by atoms with Gasteiger partial charge in [-0.1, -0.05) is 30.3 Å². The van der Waals surface area contributed by atoms with E-state index in [1.807, 2.05) is 36.4 Å². The van der Waals surface area contributed by atoms with Gasteiger partial charge in [0.25, 0.3) is 5.56 Å². The second kappa shape index (κ2) is 10.2. The van der Waals surface area contributed by atoms with E-state index in [1.54, 1.807) is 38.1 Å². The molecule has 7 nitrogen and oxygen atoms in total. The minimum Gasteiger partial charge on any atom is -0.494 e. The monoisotopic (exact) mass is 429 g/mol. The van der Waals surface area contributed by atoms with Gasteiger partial charge in [-0.3, -0.25) is 14.4 Å². The third kappa shape index (κ3) is 4.93. The standard InChI is InChI=1S/C25H23N3O4/c1-3-32-25(31)19-9-11-20(12-10-19)27-16-22-17(2)21(15-26)23(29)28(24(22)30)14-13-18-7-5-4-6-8-18/h4-12,16,30H,3,13-14H2,1-2H3. The smallest absolute Gasteiger partial charge is 0.338 e. The van der Waals surface area contributed by atoms with Gasteiger partial charge in [-0.2, -0.15) is 5.26 Å². The van der Waals surface area contributed by atoms with Crippen molar-refractivity contribution < 1.29 is 14.6 Å². The number of nitrogens with zero attached hydrogens (tertiary/aromatic N) is 3. The molecule has 3 aromatic rings. The second-order valence-electron chi connectivity index (χ2n) is 7.07. The van der Waals surface area contributed by atoms with Crippen molar-refractivity contribution in [3.05, 3.63) is 92.8 Å². The number of aromatic nitrogens is 1. The van der Waals surface area contributed by atoms with Gasteiger partial charge in [0, 0.05) is 12.8 Å². The maximum Gasteiger partial charge on any atom is 0.338 e. The number of carbonyl (C=O) groups is 1. The lowest BCUT2D eigenvalue weighted by Crippen LogP contribution is -2.26. The molecule has 0 unspecified atom stereocenters. The number of carbonyl (C=O) groups excluding carboxylic acids is 1. The van der Waals surface area contributed by atoms with Crippen LogP contribution in [0.1, 0.15) is 39.5 Å².